The van der Waals surface area contributed by atoms with Crippen molar-refractivity contribution in [2.75, 3.05) is 0 Å². The van der Waals surface area contributed by atoms with Crippen molar-refractivity contribution >= 4 is 118 Å². The largest absolute Gasteiger partial charge is 0.0616 e. The van der Waals surface area contributed by atoms with Crippen LogP contribution in [-0.2, 0) is 0 Å². The lowest BCUT2D eigenvalue weighted by molar-refractivity contribution is 1.67. The molecule has 0 bridgehead atoms. The van der Waals surface area contributed by atoms with E-state index in [0.717, 1.165) is 0 Å². The highest BCUT2D eigenvalue weighted by Gasteiger charge is 2.30. The quantitative estimate of drug-likeness (QED) is 0.154. The van der Waals surface area contributed by atoms with Gasteiger partial charge in [-0.15, -0.1) is 0 Å². The second-order valence-electron chi connectivity index (χ2n) is 20.5. The summed E-state index contributed by atoms with van der Waals surface area (Å²) in [7, 11) is 0. The average molecular weight is 931 g/mol. The Balaban J connectivity index is 1.10. The van der Waals surface area contributed by atoms with Gasteiger partial charge in [-0.2, -0.15) is 0 Å². The molecule has 1 aliphatic rings. The highest BCUT2D eigenvalue weighted by Crippen LogP contribution is 2.58. The molecule has 0 aromatic heterocycles. The zero-order chi connectivity index (χ0) is 48.2. The monoisotopic (exact) mass is 930 g/mol. The van der Waals surface area contributed by atoms with Crippen LogP contribution in [0.15, 0.2) is 255 Å². The SMILES string of the molecule is c1ccc2c(c1)cc(-c1cc(-c3cc4ccccc4c4ccccc34)c3ccc4c(-c5cc6ccccc6c6ccccc56)cc5c(-c6cc7ccccc7c7ccccc67)ccc6c5c4c3c1-6)c1ccccc12. The lowest BCUT2D eigenvalue weighted by Gasteiger charge is -2.20. The Morgan fingerprint density at radius 1 is 0.135 bits per heavy atom. The van der Waals surface area contributed by atoms with Gasteiger partial charge in [-0.25, -0.2) is 0 Å². The van der Waals surface area contributed by atoms with Crippen LogP contribution in [0.3, 0.4) is 0 Å². The molecule has 0 N–H and O–H groups in total. The third kappa shape index (κ3) is 5.41. The minimum atomic E-state index is 1.24. The molecule has 0 radical (unpaired) electrons. The van der Waals surface area contributed by atoms with Gasteiger partial charge in [-0.1, -0.05) is 218 Å². The predicted molar refractivity (Wildman–Crippen MR) is 320 cm³/mol. The fraction of sp³-hybridized carbons (Fsp3) is 0. The Labute approximate surface area is 426 Å². The van der Waals surface area contributed by atoms with Crippen LogP contribution >= 0.6 is 0 Å². The van der Waals surface area contributed by atoms with Crippen molar-refractivity contribution in [3.8, 4) is 55.6 Å². The van der Waals surface area contributed by atoms with Crippen molar-refractivity contribution in [2.24, 2.45) is 0 Å². The molecule has 0 atom stereocenters. The van der Waals surface area contributed by atoms with Crippen LogP contribution < -0.4 is 0 Å². The van der Waals surface area contributed by atoms with Gasteiger partial charge in [-0.05, 0) is 211 Å². The first-order valence-electron chi connectivity index (χ1n) is 25.9. The molecule has 74 heavy (non-hydrogen) atoms. The summed E-state index contributed by atoms with van der Waals surface area (Å²) in [6.07, 6.45) is 0. The van der Waals surface area contributed by atoms with E-state index in [4.69, 9.17) is 0 Å². The van der Waals surface area contributed by atoms with E-state index < -0.39 is 0 Å². The molecule has 16 aromatic carbocycles. The average Bonchev–Trinajstić information content (AvgIpc) is 3.84. The smallest absolute Gasteiger partial charge is 0.000740 e. The molecule has 0 fully saturated rings. The third-order valence-electron chi connectivity index (χ3n) is 16.9. The number of hydrogen-bond donors (Lipinski definition) is 0. The predicted octanol–water partition coefficient (Wildman–Crippen LogP) is 21.0. The molecule has 0 amide bonds. The van der Waals surface area contributed by atoms with E-state index in [9.17, 15) is 0 Å². The Hall–Kier alpha value is -9.62. The lowest BCUT2D eigenvalue weighted by atomic mass is 9.83. The van der Waals surface area contributed by atoms with Crippen LogP contribution in [0.5, 0.6) is 0 Å². The van der Waals surface area contributed by atoms with Gasteiger partial charge in [0.2, 0.25) is 0 Å². The summed E-state index contributed by atoms with van der Waals surface area (Å²) >= 11 is 0. The standard InChI is InChI=1S/C74H42/c1-5-21-47-43(17-1)37-63(55-29-13-9-25-51(47)55)59-33-36-62-71-69(59)41-67(64-38-44-18-2-6-22-48(44)52-26-10-14-30-56(52)64)60-34-35-61-68(65-39-45-19-3-7-23-49(45)53-27-11-15-31-57(53)65)42-70(72(62)74(61)73(60)71)66-40-46-20-4-8-24-50(46)54-28-12-16-32-58(54)66/h1-42H. The van der Waals surface area contributed by atoms with E-state index in [-0.39, 0.29) is 0 Å². The number of rotatable bonds is 4. The van der Waals surface area contributed by atoms with Gasteiger partial charge in [0.15, 0.2) is 0 Å². The molecule has 0 saturated heterocycles. The van der Waals surface area contributed by atoms with Crippen molar-refractivity contribution in [1.29, 1.82) is 0 Å². The molecule has 17 rings (SSSR count). The van der Waals surface area contributed by atoms with Crippen LogP contribution in [0.4, 0.5) is 0 Å². The first-order valence-corrected chi connectivity index (χ1v) is 25.9. The lowest BCUT2D eigenvalue weighted by Crippen LogP contribution is -1.93. The molecule has 16 aromatic rings. The van der Waals surface area contributed by atoms with Crippen molar-refractivity contribution in [3.63, 3.8) is 0 Å². The van der Waals surface area contributed by atoms with Crippen LogP contribution in [0.25, 0.3) is 174 Å². The zero-order valence-corrected chi connectivity index (χ0v) is 40.2. The summed E-state index contributed by atoms with van der Waals surface area (Å²) in [5.74, 6) is 0. The summed E-state index contributed by atoms with van der Waals surface area (Å²) in [5, 5.41) is 28.1. The summed E-state index contributed by atoms with van der Waals surface area (Å²) in [5.41, 5.74) is 12.7. The Kier molecular flexibility index (Phi) is 8.09. The Morgan fingerprint density at radius 2 is 0.432 bits per heavy atom. The molecular weight excluding hydrogens is 889 g/mol. The fourth-order valence-electron chi connectivity index (χ4n) is 13.8. The molecule has 0 heterocycles. The third-order valence-corrected chi connectivity index (χ3v) is 16.9. The molecule has 0 heteroatoms. The van der Waals surface area contributed by atoms with E-state index in [2.05, 4.69) is 255 Å². The van der Waals surface area contributed by atoms with Crippen molar-refractivity contribution in [2.45, 2.75) is 0 Å². The molecular formula is C74H42. The molecule has 338 valence electrons. The van der Waals surface area contributed by atoms with Gasteiger partial charge in [0, 0.05) is 0 Å². The van der Waals surface area contributed by atoms with E-state index >= 15 is 0 Å². The fourth-order valence-corrected chi connectivity index (χ4v) is 13.8. The maximum Gasteiger partial charge on any atom is -0.000740 e. The van der Waals surface area contributed by atoms with Crippen molar-refractivity contribution in [3.05, 3.63) is 255 Å². The normalized spacial score (nSPS) is 12.3. The maximum atomic E-state index is 2.57. The minimum absolute atomic E-state index is 1.24. The maximum absolute atomic E-state index is 2.57. The van der Waals surface area contributed by atoms with Gasteiger partial charge < -0.3 is 0 Å². The van der Waals surface area contributed by atoms with E-state index in [1.54, 1.807) is 0 Å². The minimum Gasteiger partial charge on any atom is -0.0616 e. The molecule has 0 unspecified atom stereocenters. The van der Waals surface area contributed by atoms with Crippen LogP contribution in [0.1, 0.15) is 0 Å². The molecule has 0 saturated carbocycles. The summed E-state index contributed by atoms with van der Waals surface area (Å²) < 4.78 is 0. The van der Waals surface area contributed by atoms with Crippen LogP contribution in [0.2, 0.25) is 0 Å². The Bertz CT molecular complexity index is 5190. The van der Waals surface area contributed by atoms with Gasteiger partial charge in [0.05, 0.1) is 0 Å². The van der Waals surface area contributed by atoms with E-state index in [0.29, 0.717) is 0 Å². The van der Waals surface area contributed by atoms with Crippen molar-refractivity contribution in [1.82, 2.24) is 0 Å². The zero-order valence-electron chi connectivity index (χ0n) is 40.2. The molecule has 1 aliphatic carbocycles. The summed E-state index contributed by atoms with van der Waals surface area (Å²) in [6.45, 7) is 0. The number of benzene rings is 16. The first-order chi connectivity index (χ1) is 36.7. The van der Waals surface area contributed by atoms with E-state index in [1.807, 2.05) is 0 Å². The van der Waals surface area contributed by atoms with Crippen LogP contribution in [-0.4, -0.2) is 0 Å². The first kappa shape index (κ1) is 40.0. The van der Waals surface area contributed by atoms with E-state index in [1.165, 1.54) is 174 Å². The second kappa shape index (κ2) is 15.0. The van der Waals surface area contributed by atoms with Crippen LogP contribution in [0, 0.1) is 0 Å². The number of hydrogen-bond acceptors (Lipinski definition) is 0. The highest BCUT2D eigenvalue weighted by molar-refractivity contribution is 6.40. The summed E-state index contributed by atoms with van der Waals surface area (Å²) in [4.78, 5) is 0. The Morgan fingerprint density at radius 3 is 0.851 bits per heavy atom. The highest BCUT2D eigenvalue weighted by atomic mass is 14.3. The molecule has 0 spiro atoms. The van der Waals surface area contributed by atoms with Gasteiger partial charge >= 0.3 is 0 Å². The summed E-state index contributed by atoms with van der Waals surface area (Å²) in [6, 6.07) is 96.6. The van der Waals surface area contributed by atoms with Gasteiger partial charge in [0.25, 0.3) is 0 Å². The van der Waals surface area contributed by atoms with Gasteiger partial charge in [0.1, 0.15) is 0 Å². The second-order valence-corrected chi connectivity index (χ2v) is 20.5. The topological polar surface area (TPSA) is 0 Å². The molecule has 0 nitrogen and oxygen atoms in total. The van der Waals surface area contributed by atoms with Crippen molar-refractivity contribution < 1.29 is 0 Å². The number of fused-ring (bicyclic) bond motifs is 13. The molecule has 0 aliphatic heterocycles. The van der Waals surface area contributed by atoms with Gasteiger partial charge in [-0.3, -0.25) is 0 Å².